The topological polar surface area (TPSA) is 29.1 Å². The lowest BCUT2D eigenvalue weighted by Crippen LogP contribution is -2.11. The van der Waals surface area contributed by atoms with Gasteiger partial charge in [0.15, 0.2) is 0 Å². The smallest absolute Gasteiger partial charge is 0.270 e. The number of halogens is 2. The molecule has 0 radical (unpaired) electrons. The summed E-state index contributed by atoms with van der Waals surface area (Å²) in [4.78, 5) is 11.9. The zero-order valence-corrected chi connectivity index (χ0v) is 9.94. The molecular formula is C15H11F2NO. The van der Waals surface area contributed by atoms with E-state index in [1.165, 1.54) is 24.3 Å². The van der Waals surface area contributed by atoms with E-state index in [9.17, 15) is 13.6 Å². The van der Waals surface area contributed by atoms with E-state index in [4.69, 9.17) is 0 Å². The second-order valence-corrected chi connectivity index (χ2v) is 3.88. The molecule has 96 valence electrons. The highest BCUT2D eigenvalue weighted by Crippen LogP contribution is 2.12. The second-order valence-electron chi connectivity index (χ2n) is 3.88. The van der Waals surface area contributed by atoms with Gasteiger partial charge in [0, 0.05) is 17.3 Å². The summed E-state index contributed by atoms with van der Waals surface area (Å²) in [7, 11) is 0. The van der Waals surface area contributed by atoms with Crippen molar-refractivity contribution in [3.05, 3.63) is 71.8 Å². The number of benzene rings is 2. The van der Waals surface area contributed by atoms with Crippen LogP contribution >= 0.6 is 0 Å². The van der Waals surface area contributed by atoms with Gasteiger partial charge in [0.05, 0.1) is 0 Å². The molecule has 2 rings (SSSR count). The Hall–Kier alpha value is -2.49. The van der Waals surface area contributed by atoms with Crippen LogP contribution in [0, 0.1) is 0 Å². The molecule has 1 amide bonds. The fourth-order valence-corrected chi connectivity index (χ4v) is 1.58. The number of para-hydroxylation sites is 1. The molecule has 0 aromatic heterocycles. The van der Waals surface area contributed by atoms with Crippen LogP contribution in [0.15, 0.2) is 60.7 Å². The standard InChI is InChI=1S/C15H11F2NO/c16-14(17)10-11-6-8-12(9-7-11)15(19)18-13-4-2-1-3-5-13/h1-10H,(H,18,19). The van der Waals surface area contributed by atoms with E-state index in [-0.39, 0.29) is 5.91 Å². The van der Waals surface area contributed by atoms with Gasteiger partial charge in [0.1, 0.15) is 0 Å². The van der Waals surface area contributed by atoms with E-state index in [0.29, 0.717) is 16.8 Å². The van der Waals surface area contributed by atoms with Crippen LogP contribution in [-0.2, 0) is 0 Å². The van der Waals surface area contributed by atoms with Crippen molar-refractivity contribution in [3.63, 3.8) is 0 Å². The number of carbonyl (C=O) groups excluding carboxylic acids is 1. The Morgan fingerprint density at radius 3 is 2.16 bits per heavy atom. The number of anilines is 1. The zero-order chi connectivity index (χ0) is 13.7. The number of carbonyl (C=O) groups is 1. The lowest BCUT2D eigenvalue weighted by Gasteiger charge is -2.05. The minimum absolute atomic E-state index is 0.276. The molecule has 0 unspecified atom stereocenters. The predicted octanol–water partition coefficient (Wildman–Crippen LogP) is 4.18. The Balaban J connectivity index is 2.10. The van der Waals surface area contributed by atoms with Crippen molar-refractivity contribution in [3.8, 4) is 0 Å². The summed E-state index contributed by atoms with van der Waals surface area (Å²) in [6.45, 7) is 0. The van der Waals surface area contributed by atoms with Crippen molar-refractivity contribution >= 4 is 17.7 Å². The van der Waals surface area contributed by atoms with Crippen LogP contribution in [0.4, 0.5) is 14.5 Å². The van der Waals surface area contributed by atoms with Gasteiger partial charge in [-0.3, -0.25) is 4.79 Å². The fourth-order valence-electron chi connectivity index (χ4n) is 1.58. The molecule has 0 heterocycles. The third-order valence-corrected chi connectivity index (χ3v) is 2.48. The van der Waals surface area contributed by atoms with Gasteiger partial charge in [0.25, 0.3) is 12.0 Å². The molecular weight excluding hydrogens is 248 g/mol. The zero-order valence-electron chi connectivity index (χ0n) is 9.94. The highest BCUT2D eigenvalue weighted by Gasteiger charge is 2.05. The molecule has 2 aromatic carbocycles. The van der Waals surface area contributed by atoms with Gasteiger partial charge < -0.3 is 5.32 Å². The number of rotatable bonds is 3. The molecule has 0 saturated heterocycles. The molecule has 2 nitrogen and oxygen atoms in total. The first kappa shape index (κ1) is 13.0. The van der Waals surface area contributed by atoms with E-state index >= 15 is 0 Å². The average molecular weight is 259 g/mol. The van der Waals surface area contributed by atoms with Gasteiger partial charge in [0.2, 0.25) is 0 Å². The van der Waals surface area contributed by atoms with Crippen LogP contribution < -0.4 is 5.32 Å². The normalized spacial score (nSPS) is 9.79. The maximum Gasteiger partial charge on any atom is 0.270 e. The Labute approximate surface area is 109 Å². The molecule has 0 aliphatic carbocycles. The highest BCUT2D eigenvalue weighted by molar-refractivity contribution is 6.04. The van der Waals surface area contributed by atoms with Gasteiger partial charge in [-0.1, -0.05) is 30.3 Å². The Kier molecular flexibility index (Phi) is 4.03. The lowest BCUT2D eigenvalue weighted by molar-refractivity contribution is 0.102. The molecule has 4 heteroatoms. The Bertz CT molecular complexity index is 587. The lowest BCUT2D eigenvalue weighted by atomic mass is 10.1. The summed E-state index contributed by atoms with van der Waals surface area (Å²) in [5.41, 5.74) is 1.46. The van der Waals surface area contributed by atoms with Crippen LogP contribution in [0.3, 0.4) is 0 Å². The summed E-state index contributed by atoms with van der Waals surface area (Å²) in [5.74, 6) is -0.276. The van der Waals surface area contributed by atoms with Gasteiger partial charge in [-0.2, -0.15) is 8.78 Å². The summed E-state index contributed by atoms with van der Waals surface area (Å²) in [6.07, 6.45) is -1.01. The molecule has 0 spiro atoms. The van der Waals surface area contributed by atoms with Crippen molar-refractivity contribution in [2.24, 2.45) is 0 Å². The number of amides is 1. The van der Waals surface area contributed by atoms with Crippen molar-refractivity contribution in [1.82, 2.24) is 0 Å². The van der Waals surface area contributed by atoms with E-state index in [1.54, 1.807) is 12.1 Å². The maximum atomic E-state index is 12.0. The molecule has 0 aliphatic heterocycles. The average Bonchev–Trinajstić information content (AvgIpc) is 2.40. The van der Waals surface area contributed by atoms with Crippen LogP contribution in [-0.4, -0.2) is 5.91 Å². The summed E-state index contributed by atoms with van der Waals surface area (Å²) < 4.78 is 24.1. The second kappa shape index (κ2) is 5.91. The van der Waals surface area contributed by atoms with Gasteiger partial charge in [-0.05, 0) is 29.8 Å². The third-order valence-electron chi connectivity index (χ3n) is 2.48. The summed E-state index contributed by atoms with van der Waals surface area (Å²) in [5, 5.41) is 2.72. The quantitative estimate of drug-likeness (QED) is 0.880. The maximum absolute atomic E-state index is 12.0. The van der Waals surface area contributed by atoms with Crippen molar-refractivity contribution in [2.45, 2.75) is 0 Å². The van der Waals surface area contributed by atoms with Crippen molar-refractivity contribution < 1.29 is 13.6 Å². The van der Waals surface area contributed by atoms with Gasteiger partial charge in [-0.25, -0.2) is 0 Å². The Morgan fingerprint density at radius 2 is 1.58 bits per heavy atom. The first-order valence-electron chi connectivity index (χ1n) is 5.64. The molecule has 0 atom stereocenters. The van der Waals surface area contributed by atoms with Crippen LogP contribution in [0.5, 0.6) is 0 Å². The van der Waals surface area contributed by atoms with Crippen LogP contribution in [0.1, 0.15) is 15.9 Å². The SMILES string of the molecule is O=C(Nc1ccccc1)c1ccc(C=C(F)F)cc1. The fraction of sp³-hybridized carbons (Fsp3) is 0. The molecule has 19 heavy (non-hydrogen) atoms. The van der Waals surface area contributed by atoms with Crippen molar-refractivity contribution in [1.29, 1.82) is 0 Å². The molecule has 0 saturated carbocycles. The monoisotopic (exact) mass is 259 g/mol. The molecule has 0 bridgehead atoms. The van der Waals surface area contributed by atoms with E-state index in [0.717, 1.165) is 6.08 Å². The number of hydrogen-bond donors (Lipinski definition) is 1. The van der Waals surface area contributed by atoms with E-state index in [2.05, 4.69) is 5.32 Å². The number of nitrogens with one attached hydrogen (secondary N) is 1. The van der Waals surface area contributed by atoms with Crippen LogP contribution in [0.2, 0.25) is 0 Å². The molecule has 2 aromatic rings. The summed E-state index contributed by atoms with van der Waals surface area (Å²) >= 11 is 0. The minimum atomic E-state index is -1.76. The minimum Gasteiger partial charge on any atom is -0.322 e. The first-order chi connectivity index (χ1) is 9.15. The van der Waals surface area contributed by atoms with Gasteiger partial charge in [-0.15, -0.1) is 0 Å². The van der Waals surface area contributed by atoms with Gasteiger partial charge >= 0.3 is 0 Å². The van der Waals surface area contributed by atoms with Crippen LogP contribution in [0.25, 0.3) is 6.08 Å². The largest absolute Gasteiger partial charge is 0.322 e. The highest BCUT2D eigenvalue weighted by atomic mass is 19.3. The molecule has 0 aliphatic rings. The summed E-state index contributed by atoms with van der Waals surface area (Å²) in [6, 6.07) is 15.0. The third kappa shape index (κ3) is 3.74. The first-order valence-corrected chi connectivity index (χ1v) is 5.64. The van der Waals surface area contributed by atoms with E-state index < -0.39 is 6.08 Å². The number of hydrogen-bond acceptors (Lipinski definition) is 1. The molecule has 0 fully saturated rings. The predicted molar refractivity (Wildman–Crippen MR) is 71.0 cm³/mol. The Morgan fingerprint density at radius 1 is 0.947 bits per heavy atom. The van der Waals surface area contributed by atoms with E-state index in [1.807, 2.05) is 18.2 Å². The van der Waals surface area contributed by atoms with Crippen molar-refractivity contribution in [2.75, 3.05) is 5.32 Å². The molecule has 1 N–H and O–H groups in total.